The van der Waals surface area contributed by atoms with Crippen LogP contribution in [0.5, 0.6) is 0 Å². The van der Waals surface area contributed by atoms with E-state index in [1.807, 2.05) is 6.92 Å². The molecule has 3 fully saturated rings. The lowest BCUT2D eigenvalue weighted by Gasteiger charge is -2.43. The number of allylic oxidation sites excluding steroid dienone is 3. The van der Waals surface area contributed by atoms with Crippen LogP contribution in [0.3, 0.4) is 0 Å². The van der Waals surface area contributed by atoms with Gasteiger partial charge >= 0.3 is 0 Å². The summed E-state index contributed by atoms with van der Waals surface area (Å²) in [4.78, 5) is 52.7. The molecular formula is C19H22N2O4. The van der Waals surface area contributed by atoms with Gasteiger partial charge in [-0.1, -0.05) is 25.2 Å². The van der Waals surface area contributed by atoms with Gasteiger partial charge in [0.1, 0.15) is 0 Å². The van der Waals surface area contributed by atoms with Crippen molar-refractivity contribution in [2.45, 2.75) is 19.8 Å². The van der Waals surface area contributed by atoms with Crippen LogP contribution < -0.4 is 0 Å². The third-order valence-electron chi connectivity index (χ3n) is 6.85. The Labute approximate surface area is 146 Å². The molecule has 132 valence electrons. The van der Waals surface area contributed by atoms with Crippen molar-refractivity contribution >= 4 is 23.6 Å². The van der Waals surface area contributed by atoms with Crippen molar-refractivity contribution in [2.24, 2.45) is 35.5 Å². The number of hydrogen-bond acceptors (Lipinski definition) is 4. The van der Waals surface area contributed by atoms with E-state index in [0.717, 1.165) is 11.1 Å². The first-order valence-corrected chi connectivity index (χ1v) is 8.77. The Morgan fingerprint density at radius 2 is 1.44 bits per heavy atom. The quantitative estimate of drug-likeness (QED) is 0.666. The zero-order chi connectivity index (χ0) is 18.2. The Morgan fingerprint density at radius 3 is 2.08 bits per heavy atom. The highest BCUT2D eigenvalue weighted by atomic mass is 16.2. The highest BCUT2D eigenvalue weighted by Gasteiger charge is 2.60. The number of likely N-dealkylation sites (tertiary alicyclic amines) is 2. The molecule has 0 spiro atoms. The summed E-state index contributed by atoms with van der Waals surface area (Å²) in [6.07, 6.45) is 2.72. The van der Waals surface area contributed by atoms with Gasteiger partial charge < -0.3 is 0 Å². The van der Waals surface area contributed by atoms with Gasteiger partial charge in [0.15, 0.2) is 0 Å². The van der Waals surface area contributed by atoms with Crippen LogP contribution in [0.2, 0.25) is 0 Å². The Morgan fingerprint density at radius 1 is 0.880 bits per heavy atom. The summed E-state index contributed by atoms with van der Waals surface area (Å²) in [5, 5.41) is 0. The molecule has 2 aliphatic heterocycles. The molecule has 2 heterocycles. The van der Waals surface area contributed by atoms with E-state index < -0.39 is 5.92 Å². The molecule has 2 saturated heterocycles. The van der Waals surface area contributed by atoms with E-state index >= 15 is 0 Å². The molecule has 0 aromatic heterocycles. The molecule has 0 unspecified atom stereocenters. The van der Waals surface area contributed by atoms with Crippen LogP contribution in [0.25, 0.3) is 0 Å². The molecule has 4 amide bonds. The van der Waals surface area contributed by atoms with Gasteiger partial charge in [0.05, 0.1) is 23.7 Å². The third kappa shape index (κ3) is 1.85. The lowest BCUT2D eigenvalue weighted by molar-refractivity contribution is -0.140. The molecule has 6 atom stereocenters. The van der Waals surface area contributed by atoms with E-state index in [2.05, 4.69) is 6.58 Å². The van der Waals surface area contributed by atoms with Crippen molar-refractivity contribution < 1.29 is 19.2 Å². The third-order valence-corrected chi connectivity index (χ3v) is 6.85. The fourth-order valence-electron chi connectivity index (χ4n) is 5.56. The number of carbonyl (C=O) groups excluding carboxylic acids is 4. The minimum absolute atomic E-state index is 0.100. The predicted molar refractivity (Wildman–Crippen MR) is 88.6 cm³/mol. The monoisotopic (exact) mass is 342 g/mol. The Bertz CT molecular complexity index is 767. The van der Waals surface area contributed by atoms with E-state index in [1.54, 1.807) is 6.08 Å². The maximum Gasteiger partial charge on any atom is 0.233 e. The van der Waals surface area contributed by atoms with Crippen molar-refractivity contribution in [3.8, 4) is 0 Å². The molecule has 2 aliphatic carbocycles. The van der Waals surface area contributed by atoms with Crippen molar-refractivity contribution in [1.82, 2.24) is 9.80 Å². The van der Waals surface area contributed by atoms with Gasteiger partial charge in [0, 0.05) is 14.1 Å². The van der Waals surface area contributed by atoms with Crippen LogP contribution in [0.15, 0.2) is 23.8 Å². The molecule has 6 heteroatoms. The molecule has 6 nitrogen and oxygen atoms in total. The molecule has 4 aliphatic rings. The minimum atomic E-state index is -0.416. The first kappa shape index (κ1) is 16.2. The number of hydrogen-bond donors (Lipinski definition) is 0. The Kier molecular flexibility index (Phi) is 3.33. The van der Waals surface area contributed by atoms with Crippen LogP contribution in [0.1, 0.15) is 19.8 Å². The van der Waals surface area contributed by atoms with Gasteiger partial charge in [0.2, 0.25) is 23.6 Å². The number of imide groups is 2. The summed E-state index contributed by atoms with van der Waals surface area (Å²) in [6, 6.07) is 0. The number of rotatable bonds is 1. The molecule has 0 aromatic carbocycles. The van der Waals surface area contributed by atoms with Crippen molar-refractivity contribution in [3.63, 3.8) is 0 Å². The SMILES string of the molecule is C=CC1=C2C[C@@H]3C(=O)N(C)C(=O)[C@@H]3C[C@H]2[C@H]2C(=O)N(C)C(=O)[C@H]2[C@H]1C. The molecule has 1 saturated carbocycles. The Balaban J connectivity index is 1.83. The van der Waals surface area contributed by atoms with Crippen molar-refractivity contribution in [3.05, 3.63) is 23.8 Å². The number of nitrogens with zero attached hydrogens (tertiary/aromatic N) is 2. The average Bonchev–Trinajstić information content (AvgIpc) is 2.95. The zero-order valence-corrected chi connectivity index (χ0v) is 14.7. The highest BCUT2D eigenvalue weighted by molar-refractivity contribution is 6.07. The van der Waals surface area contributed by atoms with Crippen LogP contribution in [-0.4, -0.2) is 47.5 Å². The van der Waals surface area contributed by atoms with Gasteiger partial charge in [-0.25, -0.2) is 0 Å². The summed E-state index contributed by atoms with van der Waals surface area (Å²) in [6.45, 7) is 5.87. The molecule has 25 heavy (non-hydrogen) atoms. The molecule has 0 bridgehead atoms. The maximum atomic E-state index is 12.7. The summed E-state index contributed by atoms with van der Waals surface area (Å²) < 4.78 is 0. The average molecular weight is 342 g/mol. The molecular weight excluding hydrogens is 320 g/mol. The van der Waals surface area contributed by atoms with Crippen LogP contribution in [-0.2, 0) is 19.2 Å². The fourth-order valence-corrected chi connectivity index (χ4v) is 5.56. The van der Waals surface area contributed by atoms with Gasteiger partial charge in [-0.15, -0.1) is 0 Å². The van der Waals surface area contributed by atoms with E-state index in [-0.39, 0.29) is 53.2 Å². The number of amides is 4. The second-order valence-electron chi connectivity index (χ2n) is 7.76. The van der Waals surface area contributed by atoms with E-state index in [0.29, 0.717) is 12.8 Å². The maximum absolute atomic E-state index is 12.7. The highest BCUT2D eigenvalue weighted by Crippen LogP contribution is 2.55. The van der Waals surface area contributed by atoms with Gasteiger partial charge in [-0.05, 0) is 30.3 Å². The summed E-state index contributed by atoms with van der Waals surface area (Å²) in [5.41, 5.74) is 2.04. The van der Waals surface area contributed by atoms with Crippen LogP contribution >= 0.6 is 0 Å². The standard InChI is InChI=1S/C19H22N2O4/c1-5-9-8(2)14-15(19(25)21(4)18(14)24)11-7-13-12(6-10(9)11)16(22)20(3)17(13)23/h5,8,11-15H,1,6-7H2,2-4H3/t8-,11+,12-,13+,14-,15+/m0/s1. The largest absolute Gasteiger partial charge is 0.285 e. The smallest absolute Gasteiger partial charge is 0.233 e. The van der Waals surface area contributed by atoms with Crippen molar-refractivity contribution in [1.29, 1.82) is 0 Å². The van der Waals surface area contributed by atoms with Crippen molar-refractivity contribution in [2.75, 3.05) is 14.1 Å². The van der Waals surface area contributed by atoms with E-state index in [1.165, 1.54) is 23.9 Å². The first-order valence-electron chi connectivity index (χ1n) is 8.77. The topological polar surface area (TPSA) is 74.8 Å². The van der Waals surface area contributed by atoms with E-state index in [4.69, 9.17) is 0 Å². The number of carbonyl (C=O) groups is 4. The number of fused-ring (bicyclic) bond motifs is 4. The van der Waals surface area contributed by atoms with Crippen LogP contribution in [0.4, 0.5) is 0 Å². The molecule has 0 N–H and O–H groups in total. The lowest BCUT2D eigenvalue weighted by atomic mass is 9.58. The summed E-state index contributed by atoms with van der Waals surface area (Å²) in [7, 11) is 3.06. The molecule has 0 radical (unpaired) electrons. The summed E-state index contributed by atoms with van der Waals surface area (Å²) in [5.74, 6) is -2.37. The summed E-state index contributed by atoms with van der Waals surface area (Å²) >= 11 is 0. The molecule has 0 aromatic rings. The van der Waals surface area contributed by atoms with E-state index in [9.17, 15) is 19.2 Å². The lowest BCUT2D eigenvalue weighted by Crippen LogP contribution is -2.42. The van der Waals surface area contributed by atoms with Gasteiger partial charge in [-0.3, -0.25) is 29.0 Å². The normalized spacial score (nSPS) is 40.4. The first-order chi connectivity index (χ1) is 11.8. The second-order valence-corrected chi connectivity index (χ2v) is 7.76. The van der Waals surface area contributed by atoms with Gasteiger partial charge in [0.25, 0.3) is 0 Å². The second kappa shape index (κ2) is 5.13. The van der Waals surface area contributed by atoms with Crippen LogP contribution in [0, 0.1) is 35.5 Å². The minimum Gasteiger partial charge on any atom is -0.285 e. The fraction of sp³-hybridized carbons (Fsp3) is 0.579. The zero-order valence-electron chi connectivity index (χ0n) is 14.7. The molecule has 4 rings (SSSR count). The predicted octanol–water partition coefficient (Wildman–Crippen LogP) is 0.991. The van der Waals surface area contributed by atoms with Gasteiger partial charge in [-0.2, -0.15) is 0 Å². The Hall–Kier alpha value is -2.24.